The van der Waals surface area contributed by atoms with Crippen LogP contribution in [-0.2, 0) is 38.0 Å². The number of hydrogen-bond donors (Lipinski definition) is 0. The van der Waals surface area contributed by atoms with Crippen LogP contribution in [-0.4, -0.2) is 23.1 Å². The number of carbonyl (C=O) groups excluding carboxylic acids is 4. The summed E-state index contributed by atoms with van der Waals surface area (Å²) in [5, 5.41) is 0. The molecule has 0 fully saturated rings. The Morgan fingerprint density at radius 2 is 0.607 bits per heavy atom. The molecular weight excluding hydrogens is 395 g/mol. The Morgan fingerprint density at radius 3 is 0.714 bits per heavy atom. The van der Waals surface area contributed by atoms with Crippen molar-refractivity contribution in [1.82, 2.24) is 0 Å². The van der Waals surface area contributed by atoms with Crippen LogP contribution in [0.3, 0.4) is 0 Å². The van der Waals surface area contributed by atoms with Crippen LogP contribution in [0.1, 0.15) is 83.1 Å². The van der Waals surface area contributed by atoms with E-state index in [2.05, 4.69) is 0 Å². The molecule has 0 rings (SSSR count). The molecule has 5 nitrogen and oxygen atoms in total. The van der Waals surface area contributed by atoms with Gasteiger partial charge in [-0.1, -0.05) is 0 Å². The molecule has 0 unspecified atom stereocenters. The molecule has 0 aromatic rings. The van der Waals surface area contributed by atoms with Crippen molar-refractivity contribution in [3.63, 3.8) is 0 Å². The number of carbonyl (C=O) groups is 4. The molecule has 0 aliphatic carbocycles. The predicted octanol–water partition coefficient (Wildman–Crippen LogP) is 4.99. The molecule has 0 spiro atoms. The van der Waals surface area contributed by atoms with E-state index in [9.17, 15) is 22.9 Å². The predicted molar refractivity (Wildman–Crippen MR) is 106 cm³/mol. The van der Waals surface area contributed by atoms with Gasteiger partial charge in [0.25, 0.3) is 0 Å². The van der Waals surface area contributed by atoms with Crippen molar-refractivity contribution < 1.29 is 38.0 Å². The van der Waals surface area contributed by atoms with Crippen molar-refractivity contribution in [3.8, 4) is 0 Å². The Morgan fingerprint density at radius 1 is 0.464 bits per heavy atom. The van der Waals surface area contributed by atoms with Gasteiger partial charge >= 0.3 is 175 Å². The molecule has 0 saturated carbocycles. The molecule has 28 heavy (non-hydrogen) atoms. The first-order valence-corrected chi connectivity index (χ1v) is 11.9. The van der Waals surface area contributed by atoms with Crippen molar-refractivity contribution in [1.29, 1.82) is 0 Å². The number of ketones is 4. The molecule has 0 radical (unpaired) electrons. The zero-order valence-corrected chi connectivity index (χ0v) is 21.0. The van der Waals surface area contributed by atoms with Crippen LogP contribution in [0.15, 0.2) is 0 Å². The fourth-order valence-corrected chi connectivity index (χ4v) is 6.82. The maximum atomic E-state index is 13.7. The molecule has 0 aromatic carbocycles. The van der Waals surface area contributed by atoms with Crippen LogP contribution in [0, 0.1) is 21.7 Å². The first kappa shape index (κ1) is 27.1. The van der Waals surface area contributed by atoms with Crippen molar-refractivity contribution >= 4 is 23.1 Å². The zero-order chi connectivity index (χ0) is 23.0. The fraction of sp³-hybridized carbons (Fsp3) is 0.818. The number of Topliss-reactive ketones (excluding diaryl/α,β-unsaturated/α-hetero) is 4. The third-order valence-corrected chi connectivity index (χ3v) is 7.51. The third kappa shape index (κ3) is 6.55. The van der Waals surface area contributed by atoms with E-state index in [0.29, 0.717) is 0 Å². The van der Waals surface area contributed by atoms with Gasteiger partial charge in [-0.15, -0.1) is 0 Å². The van der Waals surface area contributed by atoms with E-state index in [4.69, 9.17) is 0 Å². The van der Waals surface area contributed by atoms with Crippen LogP contribution >= 0.6 is 0 Å². The molecule has 6 heteroatoms. The Hall–Kier alpha value is -0.936. The number of hydrogen-bond acceptors (Lipinski definition) is 5. The van der Waals surface area contributed by atoms with Crippen LogP contribution in [0.4, 0.5) is 0 Å². The fourth-order valence-electron chi connectivity index (χ4n) is 2.49. The van der Waals surface area contributed by atoms with Crippen LogP contribution in [0.5, 0.6) is 0 Å². The molecule has 0 amide bonds. The standard InChI is InChI=1S/2C11H19O2.O.V/c2*1-10(2,3)8(12)7-9(13)11(4,5)6;;/h2*7H,1-6H3;;. The van der Waals surface area contributed by atoms with Gasteiger partial charge in [-0.05, 0) is 0 Å². The van der Waals surface area contributed by atoms with E-state index in [0.717, 1.165) is 0 Å². The van der Waals surface area contributed by atoms with E-state index in [1.165, 1.54) is 0 Å². The van der Waals surface area contributed by atoms with Gasteiger partial charge < -0.3 is 0 Å². The van der Waals surface area contributed by atoms with Crippen LogP contribution in [0.2, 0.25) is 9.26 Å². The van der Waals surface area contributed by atoms with E-state index in [-0.39, 0.29) is 0 Å². The van der Waals surface area contributed by atoms with Gasteiger partial charge in [-0.3, -0.25) is 0 Å². The molecule has 0 heterocycles. The average Bonchev–Trinajstić information content (AvgIpc) is 2.43. The second kappa shape index (κ2) is 8.43. The first-order valence-electron chi connectivity index (χ1n) is 9.67. The summed E-state index contributed by atoms with van der Waals surface area (Å²) in [6, 6.07) is 0. The summed E-state index contributed by atoms with van der Waals surface area (Å²) in [7, 11) is 0. The maximum absolute atomic E-state index is 13.7. The zero-order valence-electron chi connectivity index (χ0n) is 19.6. The van der Waals surface area contributed by atoms with Gasteiger partial charge in [0.15, 0.2) is 0 Å². The van der Waals surface area contributed by atoms with E-state index < -0.39 is 69.2 Å². The Kier molecular flexibility index (Phi) is 8.15. The second-order valence-corrected chi connectivity index (χ2v) is 14.4. The molecule has 0 aliphatic heterocycles. The Labute approximate surface area is 175 Å². The summed E-state index contributed by atoms with van der Waals surface area (Å²) < 4.78 is 10.9. The van der Waals surface area contributed by atoms with Crippen LogP contribution < -0.4 is 0 Å². The van der Waals surface area contributed by atoms with Gasteiger partial charge in [0.1, 0.15) is 0 Å². The molecule has 0 aliphatic rings. The quantitative estimate of drug-likeness (QED) is 0.551. The summed E-state index contributed by atoms with van der Waals surface area (Å²) in [5.41, 5.74) is -3.65. The minimum absolute atomic E-state index is 0.462. The van der Waals surface area contributed by atoms with Gasteiger partial charge in [-0.25, -0.2) is 0 Å². The topological polar surface area (TPSA) is 85.3 Å². The molecule has 0 bridgehead atoms. The molecule has 0 N–H and O–H groups in total. The molecular formula is C22H38O5V. The third-order valence-electron chi connectivity index (χ3n) is 4.46. The van der Waals surface area contributed by atoms with Crippen molar-refractivity contribution in [2.75, 3.05) is 0 Å². The van der Waals surface area contributed by atoms with Crippen LogP contribution in [0.25, 0.3) is 0 Å². The van der Waals surface area contributed by atoms with E-state index in [1.54, 1.807) is 83.1 Å². The first-order chi connectivity index (χ1) is 12.0. The molecule has 0 aromatic heterocycles. The van der Waals surface area contributed by atoms with E-state index in [1.807, 2.05) is 0 Å². The van der Waals surface area contributed by atoms with Gasteiger partial charge in [-0.2, -0.15) is 0 Å². The molecule has 0 atom stereocenters. The van der Waals surface area contributed by atoms with Gasteiger partial charge in [0, 0.05) is 0 Å². The summed E-state index contributed by atoms with van der Waals surface area (Å²) in [5.74, 6) is -1.85. The normalized spacial score (nSPS) is 13.6. The van der Waals surface area contributed by atoms with Gasteiger partial charge in [0.2, 0.25) is 0 Å². The summed E-state index contributed by atoms with van der Waals surface area (Å²) >= 11 is -3.80. The van der Waals surface area contributed by atoms with Gasteiger partial charge in [0.05, 0.1) is 0 Å². The molecule has 0 saturated heterocycles. The minimum atomic E-state index is -3.80. The monoisotopic (exact) mass is 433 g/mol. The van der Waals surface area contributed by atoms with Crippen molar-refractivity contribution in [3.05, 3.63) is 0 Å². The Bertz CT molecular complexity index is 566. The summed E-state index contributed by atoms with van der Waals surface area (Å²) in [6.45, 7) is 19.9. The molecule has 161 valence electrons. The van der Waals surface area contributed by atoms with Crippen molar-refractivity contribution in [2.24, 2.45) is 21.7 Å². The van der Waals surface area contributed by atoms with Crippen molar-refractivity contribution in [2.45, 2.75) is 92.3 Å². The number of rotatable bonds is 6. The van der Waals surface area contributed by atoms with E-state index >= 15 is 0 Å². The Balaban J connectivity index is 6.68. The summed E-state index contributed by atoms with van der Waals surface area (Å²) in [6.07, 6.45) is 0. The SMILES string of the molecule is CC(C)(C)C(=O)[CH](C(=O)C(C)(C)C)[V](=[O])[CH](C(=O)C(C)(C)C)C(=O)C(C)(C)C. The summed E-state index contributed by atoms with van der Waals surface area (Å²) in [4.78, 5) is 52.5. The second-order valence-electron chi connectivity index (χ2n) is 11.6. The average molecular weight is 433 g/mol.